The first kappa shape index (κ1) is 18.6. The fraction of sp³-hybridized carbons (Fsp3) is 0.818. The summed E-state index contributed by atoms with van der Waals surface area (Å²) in [5.41, 5.74) is -0.639. The largest absolute Gasteiger partial charge is 0.457 e. The van der Waals surface area contributed by atoms with Crippen LogP contribution in [0.15, 0.2) is 0 Å². The number of carbonyl (C=O) groups excluding carboxylic acids is 2. The Kier molecular flexibility index (Phi) is 6.72. The molecule has 0 heterocycles. The summed E-state index contributed by atoms with van der Waals surface area (Å²) in [7, 11) is 1.41. The summed E-state index contributed by atoms with van der Waals surface area (Å²) in [5.74, 6) is -0.688. The highest BCUT2D eigenvalue weighted by atomic mass is 35.6. The van der Waals surface area contributed by atoms with Crippen molar-refractivity contribution in [3.8, 4) is 0 Å². The Bertz CT molecular complexity index is 336. The second-order valence-corrected chi connectivity index (χ2v) is 7.38. The van der Waals surface area contributed by atoms with Crippen molar-refractivity contribution < 1.29 is 19.1 Å². The summed E-state index contributed by atoms with van der Waals surface area (Å²) in [4.78, 5) is 24.2. The zero-order valence-corrected chi connectivity index (χ0v) is 13.8. The number of amides is 1. The molecule has 0 aromatic rings. The van der Waals surface area contributed by atoms with Gasteiger partial charge in [0.1, 0.15) is 18.2 Å². The molecule has 0 saturated heterocycles. The molecule has 0 aliphatic rings. The lowest BCUT2D eigenvalue weighted by molar-refractivity contribution is -0.148. The number of hydrogen-bond acceptors (Lipinski definition) is 4. The van der Waals surface area contributed by atoms with Crippen molar-refractivity contribution in [3.05, 3.63) is 0 Å². The minimum absolute atomic E-state index is 0.292. The summed E-state index contributed by atoms with van der Waals surface area (Å²) in [5, 5.41) is 0. The first-order chi connectivity index (χ1) is 8.33. The molecule has 0 spiro atoms. The minimum Gasteiger partial charge on any atom is -0.457 e. The van der Waals surface area contributed by atoms with Crippen LogP contribution >= 0.6 is 34.8 Å². The molecule has 0 N–H and O–H groups in total. The SMILES string of the molecule is C[C@H](OC(=O)CN(C)C(=O)OC(C)(C)C)C(Cl)(Cl)Cl. The lowest BCUT2D eigenvalue weighted by Crippen LogP contribution is -2.39. The highest BCUT2D eigenvalue weighted by Gasteiger charge is 2.32. The zero-order valence-electron chi connectivity index (χ0n) is 11.5. The molecule has 0 rings (SSSR count). The van der Waals surface area contributed by atoms with Gasteiger partial charge in [0.05, 0.1) is 0 Å². The van der Waals surface area contributed by atoms with E-state index in [9.17, 15) is 9.59 Å². The molecule has 1 atom stereocenters. The van der Waals surface area contributed by atoms with Crippen LogP contribution in [0.3, 0.4) is 0 Å². The molecular formula is C11H18Cl3NO4. The van der Waals surface area contributed by atoms with Gasteiger partial charge >= 0.3 is 12.1 Å². The van der Waals surface area contributed by atoms with Crippen molar-refractivity contribution in [2.45, 2.75) is 43.2 Å². The molecule has 0 bridgehead atoms. The number of likely N-dealkylation sites (N-methyl/N-ethyl adjacent to an activating group) is 1. The Morgan fingerprint density at radius 1 is 1.21 bits per heavy atom. The van der Waals surface area contributed by atoms with Crippen molar-refractivity contribution >= 4 is 46.9 Å². The Morgan fingerprint density at radius 3 is 2.05 bits per heavy atom. The molecule has 8 heteroatoms. The standard InChI is InChI=1S/C11H18Cl3NO4/c1-7(11(12,13)14)18-8(16)6-15(5)9(17)19-10(2,3)4/h7H,6H2,1-5H3/t7-/m0/s1. The highest BCUT2D eigenvalue weighted by Crippen LogP contribution is 2.31. The fourth-order valence-corrected chi connectivity index (χ4v) is 1.03. The number of carbonyl (C=O) groups is 2. The molecule has 0 fully saturated rings. The summed E-state index contributed by atoms with van der Waals surface area (Å²) in [6.45, 7) is 6.32. The van der Waals surface area contributed by atoms with E-state index in [0.717, 1.165) is 4.90 Å². The van der Waals surface area contributed by atoms with Gasteiger partial charge in [-0.3, -0.25) is 4.79 Å². The first-order valence-electron chi connectivity index (χ1n) is 5.53. The number of esters is 1. The van der Waals surface area contributed by atoms with Crippen LogP contribution in [0.2, 0.25) is 0 Å². The number of halogens is 3. The van der Waals surface area contributed by atoms with Gasteiger partial charge in [-0.15, -0.1) is 0 Å². The van der Waals surface area contributed by atoms with E-state index < -0.39 is 27.6 Å². The third-order valence-electron chi connectivity index (χ3n) is 1.84. The molecule has 0 aliphatic carbocycles. The van der Waals surface area contributed by atoms with Gasteiger partial charge in [0.2, 0.25) is 3.79 Å². The molecule has 5 nitrogen and oxygen atoms in total. The maximum Gasteiger partial charge on any atom is 0.410 e. The van der Waals surface area contributed by atoms with Crippen LogP contribution in [0.5, 0.6) is 0 Å². The summed E-state index contributed by atoms with van der Waals surface area (Å²) in [6.07, 6.45) is -1.55. The Balaban J connectivity index is 4.31. The number of ether oxygens (including phenoxy) is 2. The normalized spacial score (nSPS) is 13.7. The predicted molar refractivity (Wildman–Crippen MR) is 74.7 cm³/mol. The van der Waals surface area contributed by atoms with Crippen LogP contribution in [0.1, 0.15) is 27.7 Å². The summed E-state index contributed by atoms with van der Waals surface area (Å²) in [6, 6.07) is 0. The Hall–Kier alpha value is -0.390. The van der Waals surface area contributed by atoms with Crippen LogP contribution in [0.25, 0.3) is 0 Å². The molecule has 19 heavy (non-hydrogen) atoms. The number of hydrogen-bond donors (Lipinski definition) is 0. The van der Waals surface area contributed by atoms with Gasteiger partial charge in [0.25, 0.3) is 0 Å². The second kappa shape index (κ2) is 6.86. The molecule has 0 radical (unpaired) electrons. The van der Waals surface area contributed by atoms with Crippen LogP contribution < -0.4 is 0 Å². The number of alkyl halides is 3. The van der Waals surface area contributed by atoms with E-state index in [1.807, 2.05) is 0 Å². The molecule has 0 saturated carbocycles. The predicted octanol–water partition coefficient (Wildman–Crippen LogP) is 3.16. The third-order valence-corrected chi connectivity index (χ3v) is 2.76. The Labute approximate surface area is 128 Å². The van der Waals surface area contributed by atoms with E-state index in [2.05, 4.69) is 0 Å². The van der Waals surface area contributed by atoms with Crippen molar-refractivity contribution in [3.63, 3.8) is 0 Å². The van der Waals surface area contributed by atoms with Gasteiger partial charge in [-0.05, 0) is 27.7 Å². The van der Waals surface area contributed by atoms with E-state index in [1.165, 1.54) is 14.0 Å². The van der Waals surface area contributed by atoms with Crippen molar-refractivity contribution in [1.29, 1.82) is 0 Å². The minimum atomic E-state index is -1.71. The van der Waals surface area contributed by atoms with E-state index in [4.69, 9.17) is 44.3 Å². The van der Waals surface area contributed by atoms with Crippen LogP contribution in [-0.4, -0.2) is 46.1 Å². The van der Waals surface area contributed by atoms with Crippen LogP contribution in [-0.2, 0) is 14.3 Å². The Morgan fingerprint density at radius 2 is 1.68 bits per heavy atom. The van der Waals surface area contributed by atoms with Crippen LogP contribution in [0, 0.1) is 0 Å². The molecule has 0 unspecified atom stereocenters. The highest BCUT2D eigenvalue weighted by molar-refractivity contribution is 6.68. The lowest BCUT2D eigenvalue weighted by atomic mass is 10.2. The first-order valence-corrected chi connectivity index (χ1v) is 6.66. The molecular weight excluding hydrogens is 316 g/mol. The van der Waals surface area contributed by atoms with Gasteiger partial charge < -0.3 is 14.4 Å². The third kappa shape index (κ3) is 8.39. The molecule has 0 aliphatic heterocycles. The molecule has 0 aromatic heterocycles. The second-order valence-electron chi connectivity index (χ2n) is 5.01. The van der Waals surface area contributed by atoms with Crippen molar-refractivity contribution in [2.24, 2.45) is 0 Å². The van der Waals surface area contributed by atoms with Gasteiger partial charge in [-0.2, -0.15) is 0 Å². The number of nitrogens with zero attached hydrogens (tertiary/aromatic N) is 1. The van der Waals surface area contributed by atoms with Gasteiger partial charge in [-0.1, -0.05) is 34.8 Å². The van der Waals surface area contributed by atoms with Gasteiger partial charge in [0.15, 0.2) is 0 Å². The molecule has 0 aromatic carbocycles. The fourth-order valence-electron chi connectivity index (χ4n) is 0.899. The van der Waals surface area contributed by atoms with Crippen molar-refractivity contribution in [1.82, 2.24) is 4.90 Å². The topological polar surface area (TPSA) is 55.8 Å². The summed E-state index contributed by atoms with van der Waals surface area (Å²) >= 11 is 16.7. The monoisotopic (exact) mass is 333 g/mol. The van der Waals surface area contributed by atoms with Crippen molar-refractivity contribution in [2.75, 3.05) is 13.6 Å². The van der Waals surface area contributed by atoms with E-state index in [1.54, 1.807) is 20.8 Å². The quantitative estimate of drug-likeness (QED) is 0.587. The lowest BCUT2D eigenvalue weighted by Gasteiger charge is -2.25. The van der Waals surface area contributed by atoms with E-state index in [0.29, 0.717) is 0 Å². The smallest absolute Gasteiger partial charge is 0.410 e. The average molecular weight is 335 g/mol. The summed E-state index contributed by atoms with van der Waals surface area (Å²) < 4.78 is 8.25. The van der Waals surface area contributed by atoms with E-state index in [-0.39, 0.29) is 6.54 Å². The maximum atomic E-state index is 11.6. The molecule has 112 valence electrons. The van der Waals surface area contributed by atoms with Crippen LogP contribution in [0.4, 0.5) is 4.79 Å². The number of rotatable bonds is 3. The molecule has 1 amide bonds. The van der Waals surface area contributed by atoms with Gasteiger partial charge in [-0.25, -0.2) is 4.79 Å². The zero-order chi connectivity index (χ0) is 15.4. The van der Waals surface area contributed by atoms with Gasteiger partial charge in [0, 0.05) is 7.05 Å². The van der Waals surface area contributed by atoms with E-state index >= 15 is 0 Å². The average Bonchev–Trinajstić information content (AvgIpc) is 2.12. The maximum absolute atomic E-state index is 11.6.